The first-order chi connectivity index (χ1) is 11.5. The highest BCUT2D eigenvalue weighted by atomic mass is 79.9. The number of halogens is 1. The molecule has 2 rings (SSSR count). The van der Waals surface area contributed by atoms with Crippen LogP contribution in [0.3, 0.4) is 0 Å². The van der Waals surface area contributed by atoms with E-state index in [1.807, 2.05) is 18.2 Å². The van der Waals surface area contributed by atoms with E-state index in [-0.39, 0.29) is 0 Å². The van der Waals surface area contributed by atoms with Crippen molar-refractivity contribution in [3.8, 4) is 5.75 Å². The van der Waals surface area contributed by atoms with Crippen LogP contribution >= 0.6 is 27.3 Å². The van der Waals surface area contributed by atoms with Crippen molar-refractivity contribution in [2.45, 2.75) is 26.8 Å². The van der Waals surface area contributed by atoms with Crippen LogP contribution in [0.2, 0.25) is 0 Å². The fourth-order valence-corrected chi connectivity index (χ4v) is 3.68. The normalized spacial score (nSPS) is 11.5. The summed E-state index contributed by atoms with van der Waals surface area (Å²) in [5.41, 5.74) is 2.28. The molecule has 0 amide bonds. The fourth-order valence-electron chi connectivity index (χ4n) is 2.16. The smallest absolute Gasteiger partial charge is 0.191 e. The molecule has 0 aliphatic heterocycles. The van der Waals surface area contributed by atoms with E-state index in [4.69, 9.17) is 4.74 Å². The first-order valence-corrected chi connectivity index (χ1v) is 9.34. The Morgan fingerprint density at radius 2 is 2.12 bits per heavy atom. The summed E-state index contributed by atoms with van der Waals surface area (Å²) < 4.78 is 6.19. The van der Waals surface area contributed by atoms with Crippen molar-refractivity contribution in [1.82, 2.24) is 15.6 Å². The molecule has 0 saturated heterocycles. The van der Waals surface area contributed by atoms with E-state index < -0.39 is 0 Å². The van der Waals surface area contributed by atoms with Gasteiger partial charge in [-0.15, -0.1) is 11.3 Å². The average Bonchev–Trinajstić information content (AvgIpc) is 2.89. The number of rotatable bonds is 6. The number of aliphatic imine (C=N–C) groups is 1. The predicted octanol–water partition coefficient (Wildman–Crippen LogP) is 3.44. The van der Waals surface area contributed by atoms with Crippen LogP contribution in [0.4, 0.5) is 0 Å². The minimum absolute atomic E-state index is 0.692. The highest BCUT2D eigenvalue weighted by molar-refractivity contribution is 9.10. The summed E-state index contributed by atoms with van der Waals surface area (Å²) >= 11 is 5.26. The van der Waals surface area contributed by atoms with E-state index in [1.54, 1.807) is 25.5 Å². The molecule has 1 aromatic carbocycles. The molecule has 0 unspecified atom stereocenters. The van der Waals surface area contributed by atoms with Crippen molar-refractivity contribution in [2.75, 3.05) is 20.7 Å². The molecule has 2 aromatic rings. The summed E-state index contributed by atoms with van der Waals surface area (Å²) in [7, 11) is 3.44. The zero-order valence-corrected chi connectivity index (χ0v) is 16.8. The third-order valence-corrected chi connectivity index (χ3v) is 5.36. The largest absolute Gasteiger partial charge is 0.496 e. The standard InChI is InChI=1S/C17H23BrN4OS/c1-11-12(2)24-16(22-11)7-8-20-17(19-3)21-10-13-5-6-15(23-4)14(18)9-13/h5-6,9H,7-8,10H2,1-4H3,(H2,19,20,21). The molecule has 0 aliphatic carbocycles. The molecule has 0 bridgehead atoms. The Balaban J connectivity index is 1.81. The zero-order chi connectivity index (χ0) is 17.5. The lowest BCUT2D eigenvalue weighted by Gasteiger charge is -2.12. The van der Waals surface area contributed by atoms with Gasteiger partial charge in [0.2, 0.25) is 0 Å². The molecule has 2 N–H and O–H groups in total. The number of aryl methyl sites for hydroxylation is 2. The van der Waals surface area contributed by atoms with Gasteiger partial charge >= 0.3 is 0 Å². The number of hydrogen-bond donors (Lipinski definition) is 2. The van der Waals surface area contributed by atoms with Crippen LogP contribution in [0, 0.1) is 13.8 Å². The molecule has 1 heterocycles. The maximum atomic E-state index is 5.24. The molecule has 0 fully saturated rings. The Labute approximate surface area is 155 Å². The highest BCUT2D eigenvalue weighted by Crippen LogP contribution is 2.25. The number of nitrogens with zero attached hydrogens (tertiary/aromatic N) is 2. The molecule has 0 saturated carbocycles. The minimum atomic E-state index is 0.692. The molecular weight excluding hydrogens is 388 g/mol. The third kappa shape index (κ3) is 5.21. The van der Waals surface area contributed by atoms with Gasteiger partial charge < -0.3 is 15.4 Å². The van der Waals surface area contributed by atoms with Gasteiger partial charge in [0.25, 0.3) is 0 Å². The van der Waals surface area contributed by atoms with Gasteiger partial charge in [0.15, 0.2) is 5.96 Å². The van der Waals surface area contributed by atoms with Gasteiger partial charge in [-0.05, 0) is 47.5 Å². The topological polar surface area (TPSA) is 58.5 Å². The molecule has 0 aliphatic rings. The summed E-state index contributed by atoms with van der Waals surface area (Å²) in [5.74, 6) is 1.61. The highest BCUT2D eigenvalue weighted by Gasteiger charge is 2.05. The molecule has 1 aromatic heterocycles. The number of nitrogens with one attached hydrogen (secondary N) is 2. The van der Waals surface area contributed by atoms with E-state index in [0.29, 0.717) is 6.54 Å². The zero-order valence-electron chi connectivity index (χ0n) is 14.4. The van der Waals surface area contributed by atoms with E-state index in [1.165, 1.54) is 4.88 Å². The molecular formula is C17H23BrN4OS. The molecule has 7 heteroatoms. The number of methoxy groups -OCH3 is 1. The number of benzene rings is 1. The second kappa shape index (κ2) is 9.03. The second-order valence-corrected chi connectivity index (χ2v) is 7.46. The van der Waals surface area contributed by atoms with Crippen molar-refractivity contribution in [3.05, 3.63) is 43.8 Å². The maximum absolute atomic E-state index is 5.24. The minimum Gasteiger partial charge on any atom is -0.496 e. The van der Waals surface area contributed by atoms with Gasteiger partial charge in [-0.1, -0.05) is 6.07 Å². The van der Waals surface area contributed by atoms with Crippen molar-refractivity contribution < 1.29 is 4.74 Å². The summed E-state index contributed by atoms with van der Waals surface area (Å²) in [4.78, 5) is 10.1. The van der Waals surface area contributed by atoms with Gasteiger partial charge in [-0.25, -0.2) is 4.98 Å². The summed E-state index contributed by atoms with van der Waals surface area (Å²) in [5, 5.41) is 7.80. The number of ether oxygens (including phenoxy) is 1. The summed E-state index contributed by atoms with van der Waals surface area (Å²) in [6.45, 7) is 5.66. The van der Waals surface area contributed by atoms with E-state index in [0.717, 1.165) is 45.4 Å². The lowest BCUT2D eigenvalue weighted by molar-refractivity contribution is 0.412. The number of guanidine groups is 1. The van der Waals surface area contributed by atoms with Gasteiger partial charge in [-0.2, -0.15) is 0 Å². The Morgan fingerprint density at radius 3 is 2.71 bits per heavy atom. The fraction of sp³-hybridized carbons (Fsp3) is 0.412. The SMILES string of the molecule is CN=C(NCCc1nc(C)c(C)s1)NCc1ccc(OC)c(Br)c1. The lowest BCUT2D eigenvalue weighted by Crippen LogP contribution is -2.37. The van der Waals surface area contributed by atoms with Crippen LogP contribution in [-0.4, -0.2) is 31.6 Å². The van der Waals surface area contributed by atoms with Gasteiger partial charge in [0, 0.05) is 31.4 Å². The summed E-state index contributed by atoms with van der Waals surface area (Å²) in [6.07, 6.45) is 0.897. The molecule has 5 nitrogen and oxygen atoms in total. The van der Waals surface area contributed by atoms with Crippen LogP contribution in [0.15, 0.2) is 27.7 Å². The van der Waals surface area contributed by atoms with Crippen molar-refractivity contribution in [1.29, 1.82) is 0 Å². The first-order valence-electron chi connectivity index (χ1n) is 7.73. The van der Waals surface area contributed by atoms with Gasteiger partial charge in [0.1, 0.15) is 5.75 Å². The molecule has 24 heavy (non-hydrogen) atoms. The Hall–Kier alpha value is -1.60. The second-order valence-electron chi connectivity index (χ2n) is 5.32. The van der Waals surface area contributed by atoms with E-state index in [2.05, 4.69) is 50.4 Å². The van der Waals surface area contributed by atoms with Crippen molar-refractivity contribution >= 4 is 33.2 Å². The van der Waals surface area contributed by atoms with Gasteiger partial charge in [0.05, 0.1) is 22.3 Å². The van der Waals surface area contributed by atoms with E-state index in [9.17, 15) is 0 Å². The van der Waals surface area contributed by atoms with E-state index >= 15 is 0 Å². The third-order valence-electron chi connectivity index (χ3n) is 3.60. The molecule has 0 radical (unpaired) electrons. The molecule has 0 atom stereocenters. The Morgan fingerprint density at radius 1 is 1.33 bits per heavy atom. The van der Waals surface area contributed by atoms with Crippen LogP contribution < -0.4 is 15.4 Å². The number of thiazole rings is 1. The predicted molar refractivity (Wildman–Crippen MR) is 104 cm³/mol. The lowest BCUT2D eigenvalue weighted by atomic mass is 10.2. The quantitative estimate of drug-likeness (QED) is 0.565. The van der Waals surface area contributed by atoms with Crippen LogP contribution in [0.5, 0.6) is 5.75 Å². The monoisotopic (exact) mass is 410 g/mol. The maximum Gasteiger partial charge on any atom is 0.191 e. The Bertz CT molecular complexity index is 695. The van der Waals surface area contributed by atoms with Crippen molar-refractivity contribution in [3.63, 3.8) is 0 Å². The van der Waals surface area contributed by atoms with Crippen LogP contribution in [0.25, 0.3) is 0 Å². The van der Waals surface area contributed by atoms with Crippen LogP contribution in [-0.2, 0) is 13.0 Å². The summed E-state index contributed by atoms with van der Waals surface area (Å²) in [6, 6.07) is 6.02. The first kappa shape index (κ1) is 18.7. The van der Waals surface area contributed by atoms with Crippen molar-refractivity contribution in [2.24, 2.45) is 4.99 Å². The number of hydrogen-bond acceptors (Lipinski definition) is 4. The van der Waals surface area contributed by atoms with Gasteiger partial charge in [-0.3, -0.25) is 4.99 Å². The Kier molecular flexibility index (Phi) is 7.05. The average molecular weight is 411 g/mol. The van der Waals surface area contributed by atoms with Crippen LogP contribution in [0.1, 0.15) is 21.1 Å². The number of aromatic nitrogens is 1. The molecule has 130 valence electrons. The molecule has 0 spiro atoms.